The Kier molecular flexibility index (Phi) is 7.32. The number of carbonyl (C=O) groups excluding carboxylic acids is 1. The Morgan fingerprint density at radius 2 is 1.84 bits per heavy atom. The van der Waals surface area contributed by atoms with Crippen LogP contribution >= 0.6 is 23.2 Å². The van der Waals surface area contributed by atoms with Gasteiger partial charge in [0.15, 0.2) is 0 Å². The van der Waals surface area contributed by atoms with Crippen LogP contribution < -0.4 is 0 Å². The number of hydrogen-bond donors (Lipinski definition) is 1. The first-order chi connectivity index (χ1) is 17.3. The van der Waals surface area contributed by atoms with E-state index < -0.39 is 23.5 Å². The second-order valence-corrected chi connectivity index (χ2v) is 10.0. The van der Waals surface area contributed by atoms with Gasteiger partial charge in [-0.2, -0.15) is 13.2 Å². The highest BCUT2D eigenvalue weighted by Gasteiger charge is 2.32. The van der Waals surface area contributed by atoms with Crippen molar-refractivity contribution in [2.24, 2.45) is 13.0 Å². The van der Waals surface area contributed by atoms with Crippen molar-refractivity contribution in [3.63, 3.8) is 0 Å². The van der Waals surface area contributed by atoms with E-state index in [9.17, 15) is 22.8 Å². The van der Waals surface area contributed by atoms with Crippen molar-refractivity contribution >= 4 is 51.6 Å². The van der Waals surface area contributed by atoms with Crippen LogP contribution in [0.3, 0.4) is 0 Å². The molecule has 0 amide bonds. The van der Waals surface area contributed by atoms with Crippen molar-refractivity contribution in [3.05, 3.63) is 69.1 Å². The minimum atomic E-state index is -4.53. The highest BCUT2D eigenvalue weighted by Crippen LogP contribution is 2.37. The second kappa shape index (κ2) is 10.0. The van der Waals surface area contributed by atoms with Gasteiger partial charge >= 0.3 is 12.1 Å². The highest BCUT2D eigenvalue weighted by molar-refractivity contribution is 6.41. The molecule has 0 unspecified atom stereocenters. The number of fused-ring (bicyclic) bond motifs is 1. The molecule has 0 aliphatic carbocycles. The number of carbonyl (C=O) groups is 2. The van der Waals surface area contributed by atoms with Gasteiger partial charge in [-0.1, -0.05) is 29.8 Å². The van der Waals surface area contributed by atoms with Gasteiger partial charge in [-0.3, -0.25) is 9.59 Å². The van der Waals surface area contributed by atoms with Crippen LogP contribution in [0, 0.1) is 12.8 Å². The Morgan fingerprint density at radius 1 is 1.19 bits per heavy atom. The monoisotopic (exact) mass is 553 g/mol. The molecule has 3 heterocycles. The summed E-state index contributed by atoms with van der Waals surface area (Å²) < 4.78 is 41.5. The summed E-state index contributed by atoms with van der Waals surface area (Å²) in [5.41, 5.74) is 0.799. The third-order valence-corrected chi connectivity index (χ3v) is 7.57. The first kappa shape index (κ1) is 27.0. The number of carboxylic acid groups (broad SMARTS) is 1. The third-order valence-electron chi connectivity index (χ3n) is 6.90. The molecule has 11 heteroatoms. The van der Waals surface area contributed by atoms with E-state index >= 15 is 0 Å². The molecule has 3 aromatic rings. The van der Waals surface area contributed by atoms with Crippen LogP contribution in [0.2, 0.25) is 10.2 Å². The summed E-state index contributed by atoms with van der Waals surface area (Å²) in [6.07, 6.45) is -1.65. The number of alkyl halides is 3. The van der Waals surface area contributed by atoms with Gasteiger partial charge in [0.25, 0.3) is 0 Å². The summed E-state index contributed by atoms with van der Waals surface area (Å²) >= 11 is 13.0. The molecule has 37 heavy (non-hydrogen) atoms. The molecule has 0 atom stereocenters. The predicted octanol–water partition coefficient (Wildman–Crippen LogP) is 6.60. The van der Waals surface area contributed by atoms with E-state index in [1.807, 2.05) is 4.90 Å². The summed E-state index contributed by atoms with van der Waals surface area (Å²) in [6, 6.07) is 3.57. The number of nitrogens with zero attached hydrogens (tertiary/aromatic N) is 3. The van der Waals surface area contributed by atoms with Crippen molar-refractivity contribution in [3.8, 4) is 0 Å². The molecule has 196 valence electrons. The maximum Gasteiger partial charge on any atom is 0.416 e. The smallest absolute Gasteiger partial charge is 0.416 e. The predicted molar refractivity (Wildman–Crippen MR) is 136 cm³/mol. The zero-order chi connectivity index (χ0) is 27.2. The zero-order valence-corrected chi connectivity index (χ0v) is 21.6. The molecule has 0 saturated carbocycles. The van der Waals surface area contributed by atoms with E-state index in [1.165, 1.54) is 23.9 Å². The number of hydrogen-bond acceptors (Lipinski definition) is 4. The van der Waals surface area contributed by atoms with Gasteiger partial charge in [0, 0.05) is 54.9 Å². The van der Waals surface area contributed by atoms with E-state index in [0.29, 0.717) is 48.1 Å². The van der Waals surface area contributed by atoms with Crippen molar-refractivity contribution in [1.82, 2.24) is 14.5 Å². The van der Waals surface area contributed by atoms with E-state index in [-0.39, 0.29) is 39.3 Å². The fourth-order valence-corrected chi connectivity index (χ4v) is 5.42. The molecule has 6 nitrogen and oxygen atoms in total. The average molecular weight is 554 g/mol. The normalized spacial score (nSPS) is 14.8. The first-order valence-electron chi connectivity index (χ1n) is 11.5. The Morgan fingerprint density at radius 3 is 2.43 bits per heavy atom. The molecule has 1 aliphatic rings. The second-order valence-electron chi connectivity index (χ2n) is 9.27. The molecular weight excluding hydrogens is 530 g/mol. The number of piperidine rings is 1. The number of carboxylic acids is 1. The van der Waals surface area contributed by atoms with Crippen LogP contribution in [0.1, 0.15) is 52.0 Å². The quantitative estimate of drug-likeness (QED) is 0.275. The Bertz CT molecular complexity index is 1420. The molecule has 2 aromatic heterocycles. The van der Waals surface area contributed by atoms with Crippen molar-refractivity contribution < 1.29 is 27.9 Å². The van der Waals surface area contributed by atoms with Crippen LogP contribution in [0.25, 0.3) is 16.6 Å². The Hall–Kier alpha value is -3.04. The van der Waals surface area contributed by atoms with Gasteiger partial charge in [-0.05, 0) is 49.4 Å². The third kappa shape index (κ3) is 5.20. The van der Waals surface area contributed by atoms with E-state index in [0.717, 1.165) is 12.1 Å². The Labute approximate surface area is 221 Å². The van der Waals surface area contributed by atoms with Gasteiger partial charge in [0.05, 0.1) is 21.8 Å². The first-order valence-corrected chi connectivity index (χ1v) is 12.3. The summed E-state index contributed by atoms with van der Waals surface area (Å²) in [7, 11) is 1.51. The number of aliphatic carboxylic acids is 1. The SMILES string of the molecule is C=C(c1cnc(Cl)c(C(=O)c2cc3c(C)cc(C(F)(F)F)cc3n2C)c1Cl)N1CCC(CC(=O)O)CC1. The molecule has 0 spiro atoms. The van der Waals surface area contributed by atoms with Gasteiger partial charge in [0.1, 0.15) is 5.15 Å². The number of aromatic nitrogens is 2. The van der Waals surface area contributed by atoms with Crippen LogP contribution in [0.15, 0.2) is 31.0 Å². The molecule has 1 saturated heterocycles. The zero-order valence-electron chi connectivity index (χ0n) is 20.1. The van der Waals surface area contributed by atoms with E-state index in [2.05, 4.69) is 11.6 Å². The lowest BCUT2D eigenvalue weighted by Crippen LogP contribution is -2.33. The number of likely N-dealkylation sites (tertiary alicyclic amines) is 1. The van der Waals surface area contributed by atoms with Gasteiger partial charge in [0.2, 0.25) is 5.78 Å². The van der Waals surface area contributed by atoms with Crippen LogP contribution in [-0.2, 0) is 18.0 Å². The lowest BCUT2D eigenvalue weighted by atomic mass is 9.93. The molecule has 1 N–H and O–H groups in total. The molecule has 4 rings (SSSR count). The van der Waals surface area contributed by atoms with Crippen LogP contribution in [-0.4, -0.2) is 44.4 Å². The van der Waals surface area contributed by atoms with Crippen molar-refractivity contribution in [2.75, 3.05) is 13.1 Å². The molecule has 1 fully saturated rings. The molecule has 0 bridgehead atoms. The number of rotatable bonds is 6. The maximum atomic E-state index is 13.6. The lowest BCUT2D eigenvalue weighted by Gasteiger charge is -2.34. The molecular formula is C26H24Cl2F3N3O3. The van der Waals surface area contributed by atoms with E-state index in [4.69, 9.17) is 28.3 Å². The summed E-state index contributed by atoms with van der Waals surface area (Å²) in [6.45, 7) is 6.81. The maximum absolute atomic E-state index is 13.6. The summed E-state index contributed by atoms with van der Waals surface area (Å²) in [4.78, 5) is 30.7. The number of aryl methyl sites for hydroxylation is 2. The fourth-order valence-electron chi connectivity index (χ4n) is 4.80. The molecule has 1 aromatic carbocycles. The van der Waals surface area contributed by atoms with Crippen LogP contribution in [0.5, 0.6) is 0 Å². The number of ketones is 1. The number of halogens is 5. The van der Waals surface area contributed by atoms with Gasteiger partial charge < -0.3 is 14.6 Å². The Balaban J connectivity index is 1.68. The summed E-state index contributed by atoms with van der Waals surface area (Å²) in [5.74, 6) is -1.34. The highest BCUT2D eigenvalue weighted by atomic mass is 35.5. The standard InChI is InChI=1S/C26H24Cl2F3N3O3/c1-13-8-16(26(29,30)31)10-19-17(13)11-20(33(19)3)24(37)22-23(27)18(12-32-25(22)28)14(2)34-6-4-15(5-7-34)9-21(35)36/h8,10-12,15H,2,4-7,9H2,1,3H3,(H,35,36). The topological polar surface area (TPSA) is 75.4 Å². The van der Waals surface area contributed by atoms with Crippen molar-refractivity contribution in [2.45, 2.75) is 32.4 Å². The fraction of sp³-hybridized carbons (Fsp3) is 0.346. The van der Waals surface area contributed by atoms with Gasteiger partial charge in [-0.15, -0.1) is 0 Å². The molecule has 0 radical (unpaired) electrons. The minimum absolute atomic E-state index is 0.0422. The average Bonchev–Trinajstić information content (AvgIpc) is 3.15. The van der Waals surface area contributed by atoms with Gasteiger partial charge in [-0.25, -0.2) is 4.98 Å². The largest absolute Gasteiger partial charge is 0.481 e. The minimum Gasteiger partial charge on any atom is -0.481 e. The summed E-state index contributed by atoms with van der Waals surface area (Å²) in [5, 5.41) is 9.45. The van der Waals surface area contributed by atoms with Crippen LogP contribution in [0.4, 0.5) is 13.2 Å². The lowest BCUT2D eigenvalue weighted by molar-refractivity contribution is -0.139. The van der Waals surface area contributed by atoms with E-state index in [1.54, 1.807) is 6.92 Å². The number of benzene rings is 1. The molecule has 1 aliphatic heterocycles. The number of pyridine rings is 1. The van der Waals surface area contributed by atoms with Crippen molar-refractivity contribution in [1.29, 1.82) is 0 Å².